The molecule has 0 aliphatic heterocycles. The van der Waals surface area contributed by atoms with E-state index in [1.165, 1.54) is 0 Å². The zero-order valence-electron chi connectivity index (χ0n) is 49.2. The molecule has 0 aromatic heterocycles. The number of amides is 8. The van der Waals surface area contributed by atoms with Crippen molar-refractivity contribution in [1.82, 2.24) is 48.0 Å². The van der Waals surface area contributed by atoms with Crippen molar-refractivity contribution in [2.45, 2.75) is 175 Å². The van der Waals surface area contributed by atoms with E-state index in [-0.39, 0.29) is 131 Å². The second kappa shape index (κ2) is 45.1. The van der Waals surface area contributed by atoms with E-state index in [9.17, 15) is 48.8 Å². The van der Waals surface area contributed by atoms with Crippen LogP contribution < -0.4 is 59.5 Å². The molecule has 0 unspecified atom stereocenters. The third-order valence-electron chi connectivity index (χ3n) is 13.2. The van der Waals surface area contributed by atoms with Gasteiger partial charge in [0.15, 0.2) is 0 Å². The second-order valence-electron chi connectivity index (χ2n) is 20.9. The predicted molar refractivity (Wildman–Crippen MR) is 302 cm³/mol. The highest BCUT2D eigenvalue weighted by atomic mass is 16.7. The zero-order valence-corrected chi connectivity index (χ0v) is 49.2. The van der Waals surface area contributed by atoms with Crippen molar-refractivity contribution in [3.8, 4) is 0 Å². The molecule has 0 aliphatic carbocycles. The first-order valence-corrected chi connectivity index (χ1v) is 28.2. The number of carbonyl (C=O) groups is 8. The first-order chi connectivity index (χ1) is 37.9. The van der Waals surface area contributed by atoms with Gasteiger partial charge in [-0.15, -0.1) is 0 Å². The monoisotopic (exact) mass is 1140 g/mol. The Kier molecular flexibility index (Phi) is 41.9. The lowest BCUT2D eigenvalue weighted by atomic mass is 9.98. The molecule has 0 saturated carbocycles. The largest absolute Gasteiger partial charge is 0.411 e. The highest BCUT2D eigenvalue weighted by Gasteiger charge is 2.27. The molecular weight excluding hydrogens is 1040 g/mol. The molecule has 0 aromatic rings. The van der Waals surface area contributed by atoms with Crippen molar-refractivity contribution in [2.24, 2.45) is 33.6 Å². The van der Waals surface area contributed by atoms with Crippen LogP contribution in [0, 0.1) is 11.8 Å². The lowest BCUT2D eigenvalue weighted by molar-refractivity contribution is -0.129. The fraction of sp³-hybridized carbons (Fsp3) is 0.811. The highest BCUT2D eigenvalue weighted by molar-refractivity contribution is 5.91. The fourth-order valence-electron chi connectivity index (χ4n) is 7.13. The number of rotatable bonds is 51. The Morgan fingerprint density at radius 3 is 1.43 bits per heavy atom. The molecule has 0 radical (unpaired) electrons. The van der Waals surface area contributed by atoms with Crippen LogP contribution in [0.3, 0.4) is 0 Å². The van der Waals surface area contributed by atoms with Crippen LogP contribution in [-0.4, -0.2) is 184 Å². The summed E-state index contributed by atoms with van der Waals surface area (Å²) in [5.41, 5.74) is 12.9. The lowest BCUT2D eigenvalue weighted by Gasteiger charge is -2.32. The van der Waals surface area contributed by atoms with Crippen LogP contribution >= 0.6 is 0 Å². The van der Waals surface area contributed by atoms with Gasteiger partial charge in [-0.2, -0.15) is 0 Å². The summed E-state index contributed by atoms with van der Waals surface area (Å²) < 4.78 is 16.2. The Balaban J connectivity index is 4.61. The molecule has 27 heteroatoms. The summed E-state index contributed by atoms with van der Waals surface area (Å²) in [7, 11) is 0. The summed E-state index contributed by atoms with van der Waals surface area (Å²) in [6.07, 6.45) is 6.28. The molecule has 462 valence electrons. The third-order valence-corrected chi connectivity index (χ3v) is 13.2. The van der Waals surface area contributed by atoms with Crippen LogP contribution in [0.5, 0.6) is 0 Å². The van der Waals surface area contributed by atoms with Crippen LogP contribution in [0.25, 0.3) is 0 Å². The van der Waals surface area contributed by atoms with Crippen LogP contribution in [-0.2, 0) is 57.4 Å². The van der Waals surface area contributed by atoms with Gasteiger partial charge in [-0.25, -0.2) is 5.48 Å². The summed E-state index contributed by atoms with van der Waals surface area (Å²) in [6.45, 7) is 18.4. The Morgan fingerprint density at radius 2 is 0.912 bits per heavy atom. The van der Waals surface area contributed by atoms with Crippen molar-refractivity contribution in [3.05, 3.63) is 0 Å². The summed E-state index contributed by atoms with van der Waals surface area (Å²) in [5, 5.41) is 48.8. The maximum Gasteiger partial charge on any atom is 0.245 e. The number of ether oxygens (including phenoxy) is 3. The number of hydrogen-bond acceptors (Lipinski definition) is 19. The second-order valence-corrected chi connectivity index (χ2v) is 20.9. The Morgan fingerprint density at radius 1 is 0.487 bits per heavy atom. The minimum atomic E-state index is -0.850. The number of carbonyl (C=O) groups excluding carboxylic acids is 8. The molecular formula is C53H101N13O14. The topological polar surface area (TPSA) is 399 Å². The summed E-state index contributed by atoms with van der Waals surface area (Å²) >= 11 is 0. The minimum absolute atomic E-state index is 0.0156. The average Bonchev–Trinajstić information content (AvgIpc) is 3.41. The van der Waals surface area contributed by atoms with Gasteiger partial charge in [0, 0.05) is 83.3 Å². The molecule has 0 bridgehead atoms. The average molecular weight is 1140 g/mol. The number of nitrogens with one attached hydrogen (secondary N) is 9. The van der Waals surface area contributed by atoms with Gasteiger partial charge in [-0.05, 0) is 99.3 Å². The minimum Gasteiger partial charge on any atom is -0.411 e. The van der Waals surface area contributed by atoms with E-state index in [4.69, 9.17) is 30.5 Å². The molecule has 0 saturated heterocycles. The van der Waals surface area contributed by atoms with E-state index in [0.29, 0.717) is 115 Å². The molecule has 15 N–H and O–H groups in total. The fourth-order valence-corrected chi connectivity index (χ4v) is 7.13. The summed E-state index contributed by atoms with van der Waals surface area (Å²) in [4.78, 5) is 104. The van der Waals surface area contributed by atoms with Crippen molar-refractivity contribution >= 4 is 58.7 Å². The SMILES string of the molecule is C/C(=N\O)C(C)(C)NCC(CNC(C)(C)/C(C)=N/O)NC(=O)CCCC(=O)NCCCC[C@H](NC(=O)CCCC(=O)NCCOCCONCCOCCOCC(=O)NCCCC[C@H](C)C(N)=O)C(=O)NCCCC[C@H](C)C(N)=O. The highest BCUT2D eigenvalue weighted by Crippen LogP contribution is 2.11. The Labute approximate surface area is 473 Å². The Hall–Kier alpha value is -5.58. The molecule has 0 aliphatic rings. The summed E-state index contributed by atoms with van der Waals surface area (Å²) in [5.74, 6) is -2.88. The van der Waals surface area contributed by atoms with Gasteiger partial charge in [0.1, 0.15) is 12.6 Å². The molecule has 0 aromatic carbocycles. The number of hydroxylamine groups is 1. The number of primary amides is 2. The third kappa shape index (κ3) is 39.7. The molecule has 27 nitrogen and oxygen atoms in total. The first kappa shape index (κ1) is 74.4. The number of oxime groups is 2. The molecule has 80 heavy (non-hydrogen) atoms. The van der Waals surface area contributed by atoms with Crippen molar-refractivity contribution in [3.63, 3.8) is 0 Å². The van der Waals surface area contributed by atoms with Gasteiger partial charge in [0.25, 0.3) is 0 Å². The lowest BCUT2D eigenvalue weighted by Crippen LogP contribution is -2.57. The molecule has 0 fully saturated rings. The predicted octanol–water partition coefficient (Wildman–Crippen LogP) is 0.523. The number of nitrogens with zero attached hydrogens (tertiary/aromatic N) is 2. The smallest absolute Gasteiger partial charge is 0.245 e. The van der Waals surface area contributed by atoms with Gasteiger partial charge in [-0.1, -0.05) is 37.0 Å². The molecule has 0 spiro atoms. The van der Waals surface area contributed by atoms with Crippen molar-refractivity contribution < 1.29 is 67.8 Å². The van der Waals surface area contributed by atoms with Gasteiger partial charge in [0.2, 0.25) is 47.3 Å². The quantitative estimate of drug-likeness (QED) is 0.0171. The number of nitrogens with two attached hydrogens (primary N) is 2. The summed E-state index contributed by atoms with van der Waals surface area (Å²) in [6, 6.07) is -1.26. The van der Waals surface area contributed by atoms with Crippen molar-refractivity contribution in [2.75, 3.05) is 92.1 Å². The van der Waals surface area contributed by atoms with Gasteiger partial charge >= 0.3 is 0 Å². The molecule has 3 atom stereocenters. The van der Waals surface area contributed by atoms with E-state index < -0.39 is 23.2 Å². The molecule has 0 rings (SSSR count). The normalized spacial score (nSPS) is 13.6. The van der Waals surface area contributed by atoms with Gasteiger partial charge < -0.3 is 78.6 Å². The van der Waals surface area contributed by atoms with E-state index >= 15 is 0 Å². The molecule has 8 amide bonds. The van der Waals surface area contributed by atoms with Crippen molar-refractivity contribution in [1.29, 1.82) is 0 Å². The van der Waals surface area contributed by atoms with Gasteiger partial charge in [-0.3, -0.25) is 43.2 Å². The van der Waals surface area contributed by atoms with E-state index in [2.05, 4.69) is 58.3 Å². The van der Waals surface area contributed by atoms with Gasteiger partial charge in [0.05, 0.1) is 68.2 Å². The maximum atomic E-state index is 13.2. The number of hydrogen-bond donors (Lipinski definition) is 13. The standard InChI is InChI=1S/C53H101N13O14/c1-38(49(54)72)17-9-12-25-57-48(71)37-79-32-31-78-30-28-62-80-34-33-77-29-27-58-45(68)21-16-23-47(70)64-43(51(74)59-26-13-10-18-39(2)50(55)73)19-11-14-24-56-44(67)20-15-22-46(69)63-42(35-60-52(5,6)40(3)65-75)36-61-53(7,8)41(4)66-76/h38-39,42-43,60-62,75-76H,9-37H2,1-8H3,(H2,54,72)(H2,55,73)(H,56,67)(H,57,71)(H,58,68)(H,59,74)(H,63,69)(H,64,70)/b65-40+,66-41+/t38-,39-,43-/m0/s1. The van der Waals surface area contributed by atoms with Crippen LogP contribution in [0.1, 0.15) is 152 Å². The van der Waals surface area contributed by atoms with Crippen LogP contribution in [0.15, 0.2) is 10.3 Å². The van der Waals surface area contributed by atoms with E-state index in [0.717, 1.165) is 12.8 Å². The molecule has 0 heterocycles. The maximum absolute atomic E-state index is 13.2. The van der Waals surface area contributed by atoms with E-state index in [1.807, 2.05) is 27.7 Å². The number of unbranched alkanes of at least 4 members (excludes halogenated alkanes) is 3. The van der Waals surface area contributed by atoms with Crippen LogP contribution in [0.2, 0.25) is 0 Å². The van der Waals surface area contributed by atoms with Crippen LogP contribution in [0.4, 0.5) is 0 Å². The Bertz CT molecular complexity index is 1840. The first-order valence-electron chi connectivity index (χ1n) is 28.2. The van der Waals surface area contributed by atoms with E-state index in [1.54, 1.807) is 27.7 Å². The zero-order chi connectivity index (χ0) is 60.2.